The molecular weight excluding hydrogens is 336 g/mol. The van der Waals surface area contributed by atoms with Crippen molar-refractivity contribution >= 4 is 15.9 Å². The fourth-order valence-corrected chi connectivity index (χ4v) is 3.88. The van der Waals surface area contributed by atoms with E-state index in [0.717, 1.165) is 5.56 Å². The summed E-state index contributed by atoms with van der Waals surface area (Å²) in [6, 6.07) is 5.90. The molecule has 1 aromatic rings. The van der Waals surface area contributed by atoms with E-state index in [9.17, 15) is 13.2 Å². The van der Waals surface area contributed by atoms with Gasteiger partial charge in [0, 0.05) is 13.1 Å². The van der Waals surface area contributed by atoms with Gasteiger partial charge in [-0.15, -0.1) is 0 Å². The summed E-state index contributed by atoms with van der Waals surface area (Å²) < 4.78 is 28.0. The molecule has 1 aromatic carbocycles. The molecule has 0 radical (unpaired) electrons. The molecule has 5 nitrogen and oxygen atoms in total. The van der Waals surface area contributed by atoms with Crippen LogP contribution in [-0.2, 0) is 14.8 Å². The molecule has 25 heavy (non-hydrogen) atoms. The van der Waals surface area contributed by atoms with Crippen LogP contribution in [0.4, 0.5) is 0 Å². The Hall–Kier alpha value is -1.40. The van der Waals surface area contributed by atoms with Crippen molar-refractivity contribution in [3.05, 3.63) is 29.8 Å². The first-order valence-corrected chi connectivity index (χ1v) is 10.4. The third kappa shape index (κ3) is 6.78. The second-order valence-corrected chi connectivity index (χ2v) is 9.10. The average molecular weight is 369 g/mol. The van der Waals surface area contributed by atoms with Crippen molar-refractivity contribution in [1.82, 2.24) is 9.62 Å². The first-order valence-electron chi connectivity index (χ1n) is 8.94. The van der Waals surface area contributed by atoms with Crippen LogP contribution in [0.25, 0.3) is 0 Å². The molecule has 0 spiro atoms. The Kier molecular flexibility index (Phi) is 8.09. The Balaban J connectivity index is 3.05. The number of nitrogens with one attached hydrogen (secondary N) is 1. The molecule has 1 rings (SSSR count). The minimum atomic E-state index is -3.73. The number of rotatable bonds is 9. The van der Waals surface area contributed by atoms with Gasteiger partial charge in [0.25, 0.3) is 0 Å². The van der Waals surface area contributed by atoms with Crippen molar-refractivity contribution in [2.45, 2.75) is 58.9 Å². The minimum absolute atomic E-state index is 0.152. The van der Waals surface area contributed by atoms with Crippen molar-refractivity contribution in [2.24, 2.45) is 11.8 Å². The normalized spacial score (nSPS) is 13.3. The van der Waals surface area contributed by atoms with Crippen molar-refractivity contribution < 1.29 is 13.2 Å². The van der Waals surface area contributed by atoms with Gasteiger partial charge in [0.1, 0.15) is 6.04 Å². The molecule has 1 atom stereocenters. The van der Waals surface area contributed by atoms with E-state index < -0.39 is 16.1 Å². The number of likely N-dealkylation sites (N-methyl/N-ethyl adjacent to an activating group) is 1. The lowest BCUT2D eigenvalue weighted by molar-refractivity contribution is -0.133. The molecule has 0 saturated carbocycles. The standard InChI is InChI=1S/C19H32N2O3S/c1-7-21(13-15(4)5)19(22)18(12-14(2)3)20-25(23,24)17-10-8-16(6)9-11-17/h8-11,14-15,18,20H,7,12-13H2,1-6H3. The maximum atomic E-state index is 12.9. The number of amides is 1. The molecule has 0 saturated heterocycles. The van der Waals surface area contributed by atoms with E-state index in [1.807, 2.05) is 41.5 Å². The largest absolute Gasteiger partial charge is 0.341 e. The zero-order chi connectivity index (χ0) is 19.2. The van der Waals surface area contributed by atoms with Crippen molar-refractivity contribution in [2.75, 3.05) is 13.1 Å². The van der Waals surface area contributed by atoms with Crippen molar-refractivity contribution in [1.29, 1.82) is 0 Å². The summed E-state index contributed by atoms with van der Waals surface area (Å²) in [4.78, 5) is 14.8. The van der Waals surface area contributed by atoms with Crippen LogP contribution in [0.5, 0.6) is 0 Å². The summed E-state index contributed by atoms with van der Waals surface area (Å²) in [6.07, 6.45) is 0.471. The number of aryl methyl sites for hydroxylation is 1. The second-order valence-electron chi connectivity index (χ2n) is 7.39. The summed E-state index contributed by atoms with van der Waals surface area (Å²) in [6.45, 7) is 13.1. The lowest BCUT2D eigenvalue weighted by Gasteiger charge is -2.29. The van der Waals surface area contributed by atoms with Gasteiger partial charge >= 0.3 is 0 Å². The Morgan fingerprint density at radius 3 is 2.08 bits per heavy atom. The van der Waals surface area contributed by atoms with Gasteiger partial charge in [0.05, 0.1) is 4.90 Å². The van der Waals surface area contributed by atoms with Crippen LogP contribution in [0.15, 0.2) is 29.2 Å². The summed E-state index contributed by atoms with van der Waals surface area (Å²) >= 11 is 0. The molecule has 1 unspecified atom stereocenters. The average Bonchev–Trinajstić information content (AvgIpc) is 2.50. The lowest BCUT2D eigenvalue weighted by atomic mass is 10.0. The van der Waals surface area contributed by atoms with Gasteiger partial charge in [0.15, 0.2) is 0 Å². The van der Waals surface area contributed by atoms with Gasteiger partial charge in [-0.05, 0) is 44.2 Å². The topological polar surface area (TPSA) is 66.5 Å². The summed E-state index contributed by atoms with van der Waals surface area (Å²) in [7, 11) is -3.73. The van der Waals surface area contributed by atoms with Gasteiger partial charge < -0.3 is 4.90 Å². The highest BCUT2D eigenvalue weighted by Crippen LogP contribution is 2.15. The summed E-state index contributed by atoms with van der Waals surface area (Å²) in [5.41, 5.74) is 0.989. The molecule has 0 heterocycles. The quantitative estimate of drug-likeness (QED) is 0.728. The van der Waals surface area contributed by atoms with Crippen LogP contribution >= 0.6 is 0 Å². The van der Waals surface area contributed by atoms with Crippen molar-refractivity contribution in [3.8, 4) is 0 Å². The van der Waals surface area contributed by atoms with Crippen LogP contribution in [0.1, 0.15) is 46.6 Å². The van der Waals surface area contributed by atoms with Crippen LogP contribution in [0, 0.1) is 18.8 Å². The predicted molar refractivity (Wildman–Crippen MR) is 102 cm³/mol. The number of sulfonamides is 1. The third-order valence-electron chi connectivity index (χ3n) is 3.91. The molecule has 0 fully saturated rings. The molecule has 1 amide bonds. The monoisotopic (exact) mass is 368 g/mol. The molecule has 0 aliphatic heterocycles. The van der Waals surface area contributed by atoms with E-state index in [2.05, 4.69) is 4.72 Å². The first-order chi connectivity index (χ1) is 11.6. The smallest absolute Gasteiger partial charge is 0.241 e. The van der Waals surface area contributed by atoms with E-state index in [-0.39, 0.29) is 16.7 Å². The predicted octanol–water partition coefficient (Wildman–Crippen LogP) is 3.19. The molecule has 0 aliphatic carbocycles. The van der Waals surface area contributed by atoms with Crippen LogP contribution < -0.4 is 4.72 Å². The number of hydrogen-bond donors (Lipinski definition) is 1. The number of benzene rings is 1. The van der Waals surface area contributed by atoms with E-state index in [4.69, 9.17) is 0 Å². The van der Waals surface area contributed by atoms with E-state index in [1.165, 1.54) is 0 Å². The zero-order valence-corrected chi connectivity index (χ0v) is 17.1. The Bertz CT molecular complexity index is 652. The molecule has 0 bridgehead atoms. The Labute approximate surface area is 152 Å². The number of carbonyl (C=O) groups is 1. The highest BCUT2D eigenvalue weighted by molar-refractivity contribution is 7.89. The fraction of sp³-hybridized carbons (Fsp3) is 0.632. The van der Waals surface area contributed by atoms with Crippen LogP contribution in [-0.4, -0.2) is 38.4 Å². The maximum absolute atomic E-state index is 12.9. The highest BCUT2D eigenvalue weighted by atomic mass is 32.2. The lowest BCUT2D eigenvalue weighted by Crippen LogP contribution is -2.49. The molecule has 142 valence electrons. The molecule has 0 aromatic heterocycles. The Morgan fingerprint density at radius 1 is 1.08 bits per heavy atom. The molecule has 1 N–H and O–H groups in total. The number of nitrogens with zero attached hydrogens (tertiary/aromatic N) is 1. The highest BCUT2D eigenvalue weighted by Gasteiger charge is 2.29. The fourth-order valence-electron chi connectivity index (χ4n) is 2.68. The maximum Gasteiger partial charge on any atom is 0.241 e. The molecule has 6 heteroatoms. The molecule has 0 aliphatic rings. The van der Waals surface area contributed by atoms with Gasteiger partial charge in [0.2, 0.25) is 15.9 Å². The van der Waals surface area contributed by atoms with Gasteiger partial charge in [-0.25, -0.2) is 8.42 Å². The number of carbonyl (C=O) groups excluding carboxylic acids is 1. The minimum Gasteiger partial charge on any atom is -0.341 e. The van der Waals surface area contributed by atoms with E-state index in [0.29, 0.717) is 25.4 Å². The van der Waals surface area contributed by atoms with Crippen LogP contribution in [0.3, 0.4) is 0 Å². The SMILES string of the molecule is CCN(CC(C)C)C(=O)C(CC(C)C)NS(=O)(=O)c1ccc(C)cc1. The summed E-state index contributed by atoms with van der Waals surface area (Å²) in [5.74, 6) is 0.380. The first kappa shape index (κ1) is 21.6. The third-order valence-corrected chi connectivity index (χ3v) is 5.40. The van der Waals surface area contributed by atoms with Gasteiger partial charge in [-0.1, -0.05) is 45.4 Å². The van der Waals surface area contributed by atoms with Crippen LogP contribution in [0.2, 0.25) is 0 Å². The zero-order valence-electron chi connectivity index (χ0n) is 16.2. The second kappa shape index (κ2) is 9.34. The Morgan fingerprint density at radius 2 is 1.64 bits per heavy atom. The van der Waals surface area contributed by atoms with Gasteiger partial charge in [-0.3, -0.25) is 4.79 Å². The van der Waals surface area contributed by atoms with Crippen molar-refractivity contribution in [3.63, 3.8) is 0 Å². The van der Waals surface area contributed by atoms with E-state index >= 15 is 0 Å². The van der Waals surface area contributed by atoms with E-state index in [1.54, 1.807) is 29.2 Å². The summed E-state index contributed by atoms with van der Waals surface area (Å²) in [5, 5.41) is 0. The van der Waals surface area contributed by atoms with Gasteiger partial charge in [-0.2, -0.15) is 4.72 Å². The number of hydrogen-bond acceptors (Lipinski definition) is 3. The molecular formula is C19H32N2O3S.